The summed E-state index contributed by atoms with van der Waals surface area (Å²) in [5, 5.41) is 7.73. The zero-order valence-corrected chi connectivity index (χ0v) is 13.2. The highest BCUT2D eigenvalue weighted by atomic mass is 16.5. The van der Waals surface area contributed by atoms with Crippen molar-refractivity contribution in [3.8, 4) is 11.4 Å². The molecule has 0 unspecified atom stereocenters. The molecule has 24 heavy (non-hydrogen) atoms. The van der Waals surface area contributed by atoms with E-state index in [2.05, 4.69) is 10.3 Å². The maximum atomic E-state index is 12.9. The molecule has 4 rings (SSSR count). The van der Waals surface area contributed by atoms with Crippen LogP contribution in [-0.4, -0.2) is 33.5 Å². The average molecular weight is 320 g/mol. The fraction of sp³-hybridized carbons (Fsp3) is 0.167. The number of carbonyl (C=O) groups is 1. The number of benzene rings is 2. The maximum Gasteiger partial charge on any atom is 0.258 e. The summed E-state index contributed by atoms with van der Waals surface area (Å²) in [4.78, 5) is 14.7. The molecule has 0 radical (unpaired) electrons. The minimum absolute atomic E-state index is 0.0391. The van der Waals surface area contributed by atoms with Gasteiger partial charge < -0.3 is 9.64 Å². The number of carbonyl (C=O) groups excluding carboxylic acids is 1. The topological polar surface area (TPSA) is 60.2 Å². The van der Waals surface area contributed by atoms with Crippen molar-refractivity contribution in [2.24, 2.45) is 0 Å². The molecule has 0 fully saturated rings. The summed E-state index contributed by atoms with van der Waals surface area (Å²) in [5.74, 6) is 0.701. The van der Waals surface area contributed by atoms with Gasteiger partial charge in [0.15, 0.2) is 0 Å². The van der Waals surface area contributed by atoms with E-state index >= 15 is 0 Å². The standard InChI is InChI=1S/C18H16N4O2/c1-13-12-21(16-4-2-3-5-17(16)24-13)18(23)14-6-8-15(9-7-14)22-11-10-19-20-22/h2-11,13H,12H2,1H3/t13-/m0/s1. The highest BCUT2D eigenvalue weighted by Gasteiger charge is 2.27. The molecule has 1 aromatic heterocycles. The predicted octanol–water partition coefficient (Wildman–Crippen LogP) is 2.70. The van der Waals surface area contributed by atoms with Crippen molar-refractivity contribution in [2.45, 2.75) is 13.0 Å². The lowest BCUT2D eigenvalue weighted by atomic mass is 10.1. The molecule has 6 nitrogen and oxygen atoms in total. The molecule has 0 aliphatic carbocycles. The molecule has 2 heterocycles. The number of para-hydroxylation sites is 2. The zero-order valence-electron chi connectivity index (χ0n) is 13.2. The van der Waals surface area contributed by atoms with Gasteiger partial charge in [0.05, 0.1) is 30.3 Å². The van der Waals surface area contributed by atoms with Gasteiger partial charge in [0, 0.05) is 5.56 Å². The largest absolute Gasteiger partial charge is 0.487 e. The van der Waals surface area contributed by atoms with Crippen LogP contribution in [0.15, 0.2) is 60.9 Å². The summed E-state index contributed by atoms with van der Waals surface area (Å²) < 4.78 is 7.46. The number of hydrogen-bond acceptors (Lipinski definition) is 4. The first kappa shape index (κ1) is 14.4. The van der Waals surface area contributed by atoms with Crippen LogP contribution >= 0.6 is 0 Å². The van der Waals surface area contributed by atoms with E-state index in [0.717, 1.165) is 17.1 Å². The molecule has 1 aliphatic rings. The first-order chi connectivity index (χ1) is 11.7. The average Bonchev–Trinajstić information content (AvgIpc) is 3.15. The number of anilines is 1. The molecule has 0 N–H and O–H groups in total. The van der Waals surface area contributed by atoms with Crippen LogP contribution in [0.1, 0.15) is 17.3 Å². The lowest BCUT2D eigenvalue weighted by Gasteiger charge is -2.33. The first-order valence-electron chi connectivity index (χ1n) is 7.77. The van der Waals surface area contributed by atoms with E-state index in [-0.39, 0.29) is 12.0 Å². The van der Waals surface area contributed by atoms with E-state index in [1.54, 1.807) is 22.0 Å². The van der Waals surface area contributed by atoms with Crippen molar-refractivity contribution in [1.29, 1.82) is 0 Å². The summed E-state index contributed by atoms with van der Waals surface area (Å²) in [6.45, 7) is 2.49. The smallest absolute Gasteiger partial charge is 0.258 e. The van der Waals surface area contributed by atoms with Gasteiger partial charge in [0.1, 0.15) is 11.9 Å². The Morgan fingerprint density at radius 2 is 1.96 bits per heavy atom. The maximum absolute atomic E-state index is 12.9. The van der Waals surface area contributed by atoms with Gasteiger partial charge in [-0.15, -0.1) is 5.10 Å². The minimum Gasteiger partial charge on any atom is -0.487 e. The number of hydrogen-bond donors (Lipinski definition) is 0. The normalized spacial score (nSPS) is 16.4. The highest BCUT2D eigenvalue weighted by molar-refractivity contribution is 6.07. The van der Waals surface area contributed by atoms with Crippen LogP contribution in [-0.2, 0) is 0 Å². The molecular formula is C18H16N4O2. The SMILES string of the molecule is C[C@H]1CN(C(=O)c2ccc(-n3ccnn3)cc2)c2ccccc2O1. The number of ether oxygens (including phenoxy) is 1. The summed E-state index contributed by atoms with van der Waals surface area (Å²) >= 11 is 0. The first-order valence-corrected chi connectivity index (χ1v) is 7.77. The van der Waals surface area contributed by atoms with Gasteiger partial charge in [-0.05, 0) is 43.3 Å². The Bertz CT molecular complexity index is 859. The molecule has 3 aromatic rings. The third-order valence-electron chi connectivity index (χ3n) is 3.97. The molecule has 0 saturated carbocycles. The van der Waals surface area contributed by atoms with Gasteiger partial charge in [0.2, 0.25) is 0 Å². The van der Waals surface area contributed by atoms with E-state index in [0.29, 0.717) is 12.1 Å². The summed E-state index contributed by atoms with van der Waals surface area (Å²) in [6, 6.07) is 14.9. The zero-order chi connectivity index (χ0) is 16.5. The van der Waals surface area contributed by atoms with Crippen molar-refractivity contribution >= 4 is 11.6 Å². The Hall–Kier alpha value is -3.15. The summed E-state index contributed by atoms with van der Waals surface area (Å²) in [5.41, 5.74) is 2.29. The van der Waals surface area contributed by atoms with Crippen molar-refractivity contribution in [3.63, 3.8) is 0 Å². The number of rotatable bonds is 2. The molecule has 1 amide bonds. The Morgan fingerprint density at radius 1 is 1.17 bits per heavy atom. The van der Waals surface area contributed by atoms with Crippen LogP contribution in [0.3, 0.4) is 0 Å². The predicted molar refractivity (Wildman–Crippen MR) is 89.6 cm³/mol. The Morgan fingerprint density at radius 3 is 2.71 bits per heavy atom. The van der Waals surface area contributed by atoms with E-state index in [1.165, 1.54) is 0 Å². The third-order valence-corrected chi connectivity index (χ3v) is 3.97. The van der Waals surface area contributed by atoms with Crippen molar-refractivity contribution < 1.29 is 9.53 Å². The Kier molecular flexibility index (Phi) is 3.49. The van der Waals surface area contributed by atoms with Gasteiger partial charge in [-0.1, -0.05) is 17.3 Å². The van der Waals surface area contributed by atoms with Crippen molar-refractivity contribution in [1.82, 2.24) is 15.0 Å². The third kappa shape index (κ3) is 2.52. The van der Waals surface area contributed by atoms with Crippen LogP contribution in [0, 0.1) is 0 Å². The van der Waals surface area contributed by atoms with Crippen LogP contribution in [0.5, 0.6) is 5.75 Å². The molecule has 0 saturated heterocycles. The molecule has 1 aliphatic heterocycles. The number of amides is 1. The lowest BCUT2D eigenvalue weighted by molar-refractivity contribution is 0.0961. The fourth-order valence-electron chi connectivity index (χ4n) is 2.84. The fourth-order valence-corrected chi connectivity index (χ4v) is 2.84. The number of fused-ring (bicyclic) bond motifs is 1. The Balaban J connectivity index is 1.64. The highest BCUT2D eigenvalue weighted by Crippen LogP contribution is 2.33. The lowest BCUT2D eigenvalue weighted by Crippen LogP contribution is -2.42. The Labute approximate surface area is 139 Å². The van der Waals surface area contributed by atoms with Crippen LogP contribution in [0.2, 0.25) is 0 Å². The summed E-state index contributed by atoms with van der Waals surface area (Å²) in [7, 11) is 0. The van der Waals surface area contributed by atoms with Crippen LogP contribution in [0.25, 0.3) is 5.69 Å². The molecule has 6 heteroatoms. The summed E-state index contributed by atoms with van der Waals surface area (Å²) in [6.07, 6.45) is 3.33. The van der Waals surface area contributed by atoms with Crippen molar-refractivity contribution in [3.05, 3.63) is 66.5 Å². The van der Waals surface area contributed by atoms with Gasteiger partial charge in [0.25, 0.3) is 5.91 Å². The second kappa shape index (κ2) is 5.81. The molecule has 2 aromatic carbocycles. The second-order valence-corrected chi connectivity index (χ2v) is 5.71. The molecule has 120 valence electrons. The van der Waals surface area contributed by atoms with E-state index in [4.69, 9.17) is 4.74 Å². The van der Waals surface area contributed by atoms with E-state index in [1.807, 2.05) is 55.5 Å². The quantitative estimate of drug-likeness (QED) is 0.728. The van der Waals surface area contributed by atoms with Gasteiger partial charge in [-0.3, -0.25) is 4.79 Å². The molecular weight excluding hydrogens is 304 g/mol. The second-order valence-electron chi connectivity index (χ2n) is 5.71. The van der Waals surface area contributed by atoms with Crippen LogP contribution < -0.4 is 9.64 Å². The van der Waals surface area contributed by atoms with Gasteiger partial charge in [-0.25, -0.2) is 4.68 Å². The van der Waals surface area contributed by atoms with Gasteiger partial charge in [-0.2, -0.15) is 0 Å². The van der Waals surface area contributed by atoms with E-state index < -0.39 is 0 Å². The van der Waals surface area contributed by atoms with Gasteiger partial charge >= 0.3 is 0 Å². The molecule has 1 atom stereocenters. The van der Waals surface area contributed by atoms with Crippen LogP contribution in [0.4, 0.5) is 5.69 Å². The monoisotopic (exact) mass is 320 g/mol. The molecule has 0 spiro atoms. The van der Waals surface area contributed by atoms with E-state index in [9.17, 15) is 4.79 Å². The number of aromatic nitrogens is 3. The minimum atomic E-state index is -0.0433. The molecule has 0 bridgehead atoms. The number of nitrogens with zero attached hydrogens (tertiary/aromatic N) is 4. The van der Waals surface area contributed by atoms with Crippen molar-refractivity contribution in [2.75, 3.05) is 11.4 Å².